The normalized spacial score (nSPS) is 15.2. The molecule has 11 nitrogen and oxygen atoms in total. The van der Waals surface area contributed by atoms with E-state index < -0.39 is 0 Å². The molecule has 5 rings (SSSR count). The Morgan fingerprint density at radius 3 is 2.73 bits per heavy atom. The lowest BCUT2D eigenvalue weighted by atomic mass is 9.96. The van der Waals surface area contributed by atoms with Crippen molar-refractivity contribution in [1.29, 1.82) is 0 Å². The third kappa shape index (κ3) is 3.31. The molecule has 30 heavy (non-hydrogen) atoms. The lowest BCUT2D eigenvalue weighted by Gasteiger charge is -2.33. The van der Waals surface area contributed by atoms with Crippen LogP contribution in [0.2, 0.25) is 0 Å². The number of anilines is 1. The number of aryl methyl sites for hydroxylation is 2. The molecule has 4 aromatic rings. The molecular formula is C19H22N10O. The van der Waals surface area contributed by atoms with Gasteiger partial charge in [-0.3, -0.25) is 9.48 Å². The molecule has 1 saturated heterocycles. The number of rotatable bonds is 4. The summed E-state index contributed by atoms with van der Waals surface area (Å²) in [7, 11) is 1.89. The minimum atomic E-state index is -0.107. The maximum Gasteiger partial charge on any atom is 0.266 e. The molecule has 4 aromatic heterocycles. The standard InChI is InChI=1S/C19H22N10O/c1-13-23-18-15(9-21-26(18)2)19(24-13)27-7-5-14(6-8-27)10-28-17(30)4-3-16(25-28)29-12-20-11-22-29/h3-4,9,11-12,14H,5-8,10H2,1-2H3. The predicted octanol–water partition coefficient (Wildman–Crippen LogP) is 0.726. The van der Waals surface area contributed by atoms with Gasteiger partial charge in [0.05, 0.1) is 11.6 Å². The first-order chi connectivity index (χ1) is 14.6. The zero-order valence-corrected chi connectivity index (χ0v) is 16.9. The molecule has 1 aliphatic rings. The number of fused-ring (bicyclic) bond motifs is 1. The van der Waals surface area contributed by atoms with Crippen molar-refractivity contribution in [2.75, 3.05) is 18.0 Å². The molecule has 0 aliphatic carbocycles. The summed E-state index contributed by atoms with van der Waals surface area (Å²) in [6, 6.07) is 3.19. The lowest BCUT2D eigenvalue weighted by Crippen LogP contribution is -2.37. The van der Waals surface area contributed by atoms with Gasteiger partial charge in [-0.2, -0.15) is 10.2 Å². The Morgan fingerprint density at radius 2 is 1.97 bits per heavy atom. The highest BCUT2D eigenvalue weighted by Crippen LogP contribution is 2.28. The second kappa shape index (κ2) is 7.32. The van der Waals surface area contributed by atoms with Crippen molar-refractivity contribution in [3.63, 3.8) is 0 Å². The average molecular weight is 406 g/mol. The van der Waals surface area contributed by atoms with Crippen molar-refractivity contribution in [2.45, 2.75) is 26.3 Å². The first-order valence-corrected chi connectivity index (χ1v) is 9.93. The molecular weight excluding hydrogens is 384 g/mol. The van der Waals surface area contributed by atoms with Crippen LogP contribution in [0, 0.1) is 12.8 Å². The van der Waals surface area contributed by atoms with Crippen molar-refractivity contribution in [3.05, 3.63) is 47.2 Å². The first kappa shape index (κ1) is 18.4. The Labute approximate surface area is 172 Å². The van der Waals surface area contributed by atoms with E-state index in [9.17, 15) is 4.79 Å². The molecule has 0 N–H and O–H groups in total. The zero-order chi connectivity index (χ0) is 20.7. The van der Waals surface area contributed by atoms with Gasteiger partial charge in [-0.1, -0.05) is 0 Å². The second-order valence-corrected chi connectivity index (χ2v) is 7.58. The van der Waals surface area contributed by atoms with E-state index >= 15 is 0 Å². The molecule has 0 amide bonds. The maximum absolute atomic E-state index is 12.3. The van der Waals surface area contributed by atoms with Crippen LogP contribution in [0.15, 0.2) is 35.8 Å². The van der Waals surface area contributed by atoms with Gasteiger partial charge in [0.1, 0.15) is 24.3 Å². The molecule has 1 fully saturated rings. The summed E-state index contributed by atoms with van der Waals surface area (Å²) >= 11 is 0. The Hall–Kier alpha value is -3.63. The van der Waals surface area contributed by atoms with Gasteiger partial charge >= 0.3 is 0 Å². The SMILES string of the molecule is Cc1nc(N2CCC(Cn3nc(-n4cncn4)ccc3=O)CC2)c2cnn(C)c2n1. The van der Waals surface area contributed by atoms with Crippen molar-refractivity contribution >= 4 is 16.9 Å². The third-order valence-corrected chi connectivity index (χ3v) is 5.54. The summed E-state index contributed by atoms with van der Waals surface area (Å²) in [5, 5.41) is 13.8. The molecule has 154 valence electrons. The van der Waals surface area contributed by atoms with E-state index in [1.54, 1.807) is 21.8 Å². The van der Waals surface area contributed by atoms with E-state index in [2.05, 4.69) is 35.1 Å². The van der Waals surface area contributed by atoms with Gasteiger partial charge in [0.15, 0.2) is 11.5 Å². The summed E-state index contributed by atoms with van der Waals surface area (Å²) in [4.78, 5) is 27.7. The van der Waals surface area contributed by atoms with Crippen LogP contribution in [0.5, 0.6) is 0 Å². The second-order valence-electron chi connectivity index (χ2n) is 7.58. The minimum absolute atomic E-state index is 0.107. The number of hydrogen-bond acceptors (Lipinski definition) is 8. The number of nitrogens with zero attached hydrogens (tertiary/aromatic N) is 10. The smallest absolute Gasteiger partial charge is 0.266 e. The van der Waals surface area contributed by atoms with Crippen molar-refractivity contribution in [1.82, 2.24) is 44.3 Å². The third-order valence-electron chi connectivity index (χ3n) is 5.54. The van der Waals surface area contributed by atoms with E-state index in [-0.39, 0.29) is 5.56 Å². The van der Waals surface area contributed by atoms with Crippen LogP contribution in [0.25, 0.3) is 16.9 Å². The predicted molar refractivity (Wildman–Crippen MR) is 109 cm³/mol. The quantitative estimate of drug-likeness (QED) is 0.487. The van der Waals surface area contributed by atoms with Crippen LogP contribution in [0.3, 0.4) is 0 Å². The molecule has 11 heteroatoms. The van der Waals surface area contributed by atoms with Gasteiger partial charge in [0.25, 0.3) is 5.56 Å². The number of aromatic nitrogens is 9. The van der Waals surface area contributed by atoms with Crippen molar-refractivity contribution in [2.24, 2.45) is 13.0 Å². The van der Waals surface area contributed by atoms with Crippen LogP contribution in [0.4, 0.5) is 5.82 Å². The van der Waals surface area contributed by atoms with E-state index in [0.29, 0.717) is 18.3 Å². The highest BCUT2D eigenvalue weighted by molar-refractivity contribution is 5.87. The number of piperidine rings is 1. The van der Waals surface area contributed by atoms with Crippen LogP contribution in [-0.2, 0) is 13.6 Å². The van der Waals surface area contributed by atoms with E-state index in [0.717, 1.165) is 48.6 Å². The Kier molecular flexibility index (Phi) is 4.49. The fraction of sp³-hybridized carbons (Fsp3) is 0.421. The van der Waals surface area contributed by atoms with Gasteiger partial charge in [0, 0.05) is 32.7 Å². The minimum Gasteiger partial charge on any atom is -0.356 e. The average Bonchev–Trinajstić information content (AvgIpc) is 3.41. The monoisotopic (exact) mass is 406 g/mol. The molecule has 0 bridgehead atoms. The zero-order valence-electron chi connectivity index (χ0n) is 16.9. The fourth-order valence-electron chi connectivity index (χ4n) is 3.94. The van der Waals surface area contributed by atoms with Crippen LogP contribution < -0.4 is 10.5 Å². The Bertz CT molecular complexity index is 1230. The van der Waals surface area contributed by atoms with Crippen LogP contribution in [0.1, 0.15) is 18.7 Å². The summed E-state index contributed by atoms with van der Waals surface area (Å²) < 4.78 is 4.86. The fourth-order valence-corrected chi connectivity index (χ4v) is 3.94. The van der Waals surface area contributed by atoms with Gasteiger partial charge < -0.3 is 4.90 Å². The van der Waals surface area contributed by atoms with Gasteiger partial charge in [0.2, 0.25) is 0 Å². The number of hydrogen-bond donors (Lipinski definition) is 0. The summed E-state index contributed by atoms with van der Waals surface area (Å²) in [5.74, 6) is 2.63. The summed E-state index contributed by atoms with van der Waals surface area (Å²) in [6.07, 6.45) is 6.74. The van der Waals surface area contributed by atoms with Gasteiger partial charge in [-0.25, -0.2) is 24.3 Å². The van der Waals surface area contributed by atoms with Crippen LogP contribution in [-0.4, -0.2) is 57.4 Å². The van der Waals surface area contributed by atoms with Crippen molar-refractivity contribution in [3.8, 4) is 5.82 Å². The molecule has 5 heterocycles. The molecule has 0 saturated carbocycles. The highest BCUT2D eigenvalue weighted by atomic mass is 16.1. The molecule has 0 aromatic carbocycles. The van der Waals surface area contributed by atoms with Crippen molar-refractivity contribution < 1.29 is 0 Å². The van der Waals surface area contributed by atoms with Gasteiger partial charge in [-0.05, 0) is 31.7 Å². The molecule has 1 aliphatic heterocycles. The highest BCUT2D eigenvalue weighted by Gasteiger charge is 2.24. The Balaban J connectivity index is 1.32. The maximum atomic E-state index is 12.3. The summed E-state index contributed by atoms with van der Waals surface area (Å²) in [6.45, 7) is 4.22. The van der Waals surface area contributed by atoms with Gasteiger partial charge in [-0.15, -0.1) is 5.10 Å². The van der Waals surface area contributed by atoms with E-state index in [4.69, 9.17) is 0 Å². The largest absolute Gasteiger partial charge is 0.356 e. The molecule has 0 radical (unpaired) electrons. The molecule has 0 spiro atoms. The lowest BCUT2D eigenvalue weighted by molar-refractivity contribution is 0.334. The summed E-state index contributed by atoms with van der Waals surface area (Å²) in [5.41, 5.74) is 0.741. The van der Waals surface area contributed by atoms with E-state index in [1.807, 2.05) is 20.2 Å². The first-order valence-electron chi connectivity index (χ1n) is 9.93. The van der Waals surface area contributed by atoms with E-state index in [1.165, 1.54) is 17.1 Å². The molecule has 0 atom stereocenters. The molecule has 0 unspecified atom stereocenters. The van der Waals surface area contributed by atoms with Crippen LogP contribution >= 0.6 is 0 Å². The Morgan fingerprint density at radius 1 is 1.13 bits per heavy atom. The topological polar surface area (TPSA) is 112 Å².